The molecular formula is C13H16FN5. The van der Waals surface area contributed by atoms with Crippen LogP contribution in [0.5, 0.6) is 0 Å². The van der Waals surface area contributed by atoms with Crippen LogP contribution in [0, 0.1) is 5.82 Å². The van der Waals surface area contributed by atoms with Gasteiger partial charge in [-0.3, -0.25) is 0 Å². The number of hydrogen-bond donors (Lipinski definition) is 3. The average molecular weight is 261 g/mol. The molecule has 0 amide bonds. The summed E-state index contributed by atoms with van der Waals surface area (Å²) in [7, 11) is 1.74. The number of aromatic nitrogens is 2. The standard InChI is InChI=1S/C13H16FN5/c1-8(9-5-3-4-6-10(9)14)17-12-7-11(16-2)18-13(15)19-12/h3-8H,1-2H3,(H4,15,16,17,18,19). The summed E-state index contributed by atoms with van der Waals surface area (Å²) >= 11 is 0. The van der Waals surface area contributed by atoms with E-state index in [0.717, 1.165) is 0 Å². The van der Waals surface area contributed by atoms with Gasteiger partial charge in [0.2, 0.25) is 5.95 Å². The molecule has 1 aromatic heterocycles. The second-order valence-corrected chi connectivity index (χ2v) is 4.13. The minimum atomic E-state index is -0.252. The normalized spacial score (nSPS) is 11.9. The molecule has 0 aliphatic carbocycles. The van der Waals surface area contributed by atoms with Crippen LogP contribution in [0.1, 0.15) is 18.5 Å². The number of anilines is 3. The van der Waals surface area contributed by atoms with Crippen LogP contribution in [0.25, 0.3) is 0 Å². The quantitative estimate of drug-likeness (QED) is 0.788. The van der Waals surface area contributed by atoms with Gasteiger partial charge in [0.05, 0.1) is 6.04 Å². The van der Waals surface area contributed by atoms with Crippen molar-refractivity contribution < 1.29 is 4.39 Å². The summed E-state index contributed by atoms with van der Waals surface area (Å²) in [6.07, 6.45) is 0. The maximum absolute atomic E-state index is 13.7. The van der Waals surface area contributed by atoms with Crippen LogP contribution >= 0.6 is 0 Å². The van der Waals surface area contributed by atoms with Gasteiger partial charge >= 0.3 is 0 Å². The monoisotopic (exact) mass is 261 g/mol. The van der Waals surface area contributed by atoms with E-state index in [1.54, 1.807) is 31.3 Å². The minimum Gasteiger partial charge on any atom is -0.373 e. The number of benzene rings is 1. The van der Waals surface area contributed by atoms with Crippen molar-refractivity contribution in [1.29, 1.82) is 0 Å². The van der Waals surface area contributed by atoms with Crippen LogP contribution < -0.4 is 16.4 Å². The zero-order valence-electron chi connectivity index (χ0n) is 10.8. The Hall–Kier alpha value is -2.37. The highest BCUT2D eigenvalue weighted by Gasteiger charge is 2.11. The number of rotatable bonds is 4. The van der Waals surface area contributed by atoms with E-state index in [1.807, 2.05) is 6.92 Å². The SMILES string of the molecule is CNc1cc(NC(C)c2ccccc2F)nc(N)n1. The zero-order chi connectivity index (χ0) is 13.8. The summed E-state index contributed by atoms with van der Waals surface area (Å²) in [6.45, 7) is 1.86. The van der Waals surface area contributed by atoms with Gasteiger partial charge in [-0.15, -0.1) is 0 Å². The van der Waals surface area contributed by atoms with E-state index in [-0.39, 0.29) is 17.8 Å². The maximum atomic E-state index is 13.7. The lowest BCUT2D eigenvalue weighted by Crippen LogP contribution is -2.11. The highest BCUT2D eigenvalue weighted by molar-refractivity contribution is 5.51. The number of nitrogens with one attached hydrogen (secondary N) is 2. The molecule has 1 atom stereocenters. The van der Waals surface area contributed by atoms with Crippen molar-refractivity contribution in [2.24, 2.45) is 0 Å². The molecule has 6 heteroatoms. The fraction of sp³-hybridized carbons (Fsp3) is 0.231. The van der Waals surface area contributed by atoms with Gasteiger partial charge < -0.3 is 16.4 Å². The summed E-state index contributed by atoms with van der Waals surface area (Å²) < 4.78 is 13.7. The van der Waals surface area contributed by atoms with Crippen molar-refractivity contribution in [3.8, 4) is 0 Å². The van der Waals surface area contributed by atoms with Crippen molar-refractivity contribution in [3.63, 3.8) is 0 Å². The van der Waals surface area contributed by atoms with Gasteiger partial charge in [-0.1, -0.05) is 18.2 Å². The van der Waals surface area contributed by atoms with Gasteiger partial charge in [-0.2, -0.15) is 9.97 Å². The predicted molar refractivity (Wildman–Crippen MR) is 74.4 cm³/mol. The Morgan fingerprint density at radius 1 is 1.21 bits per heavy atom. The molecule has 1 unspecified atom stereocenters. The summed E-state index contributed by atoms with van der Waals surface area (Å²) in [5, 5.41) is 5.99. The van der Waals surface area contributed by atoms with Crippen LogP contribution in [0.3, 0.4) is 0 Å². The summed E-state index contributed by atoms with van der Waals surface area (Å²) in [4.78, 5) is 8.06. The predicted octanol–water partition coefficient (Wildman–Crippen LogP) is 2.41. The van der Waals surface area contributed by atoms with E-state index in [9.17, 15) is 4.39 Å². The molecule has 0 fully saturated rings. The molecule has 100 valence electrons. The van der Waals surface area contributed by atoms with Crippen LogP contribution in [-0.2, 0) is 0 Å². The number of nitrogens with zero attached hydrogens (tertiary/aromatic N) is 2. The molecule has 1 heterocycles. The molecule has 1 aromatic carbocycles. The van der Waals surface area contributed by atoms with E-state index in [4.69, 9.17) is 5.73 Å². The molecule has 0 spiro atoms. The molecule has 0 radical (unpaired) electrons. The van der Waals surface area contributed by atoms with Gasteiger partial charge in [-0.05, 0) is 13.0 Å². The molecule has 0 aliphatic rings. The molecule has 4 N–H and O–H groups in total. The lowest BCUT2D eigenvalue weighted by molar-refractivity contribution is 0.600. The highest BCUT2D eigenvalue weighted by atomic mass is 19.1. The Bertz CT molecular complexity index is 573. The van der Waals surface area contributed by atoms with Crippen LogP contribution in [0.2, 0.25) is 0 Å². The Kier molecular flexibility index (Phi) is 3.79. The molecule has 19 heavy (non-hydrogen) atoms. The molecule has 5 nitrogen and oxygen atoms in total. The lowest BCUT2D eigenvalue weighted by atomic mass is 10.1. The van der Waals surface area contributed by atoms with Crippen LogP contribution in [0.4, 0.5) is 22.0 Å². The summed E-state index contributed by atoms with van der Waals surface area (Å²) in [5.74, 6) is 1.07. The maximum Gasteiger partial charge on any atom is 0.223 e. The Balaban J connectivity index is 2.21. The van der Waals surface area contributed by atoms with E-state index >= 15 is 0 Å². The van der Waals surface area contributed by atoms with Gasteiger partial charge in [-0.25, -0.2) is 4.39 Å². The summed E-state index contributed by atoms with van der Waals surface area (Å²) in [6, 6.07) is 8.11. The van der Waals surface area contributed by atoms with E-state index in [1.165, 1.54) is 6.07 Å². The summed E-state index contributed by atoms with van der Waals surface area (Å²) in [5.41, 5.74) is 6.18. The highest BCUT2D eigenvalue weighted by Crippen LogP contribution is 2.21. The minimum absolute atomic E-state index is 0.162. The lowest BCUT2D eigenvalue weighted by Gasteiger charge is -2.16. The molecule has 0 bridgehead atoms. The molecule has 0 saturated carbocycles. The van der Waals surface area contributed by atoms with Crippen LogP contribution in [0.15, 0.2) is 30.3 Å². The molecular weight excluding hydrogens is 245 g/mol. The fourth-order valence-corrected chi connectivity index (χ4v) is 1.79. The van der Waals surface area contributed by atoms with E-state index in [2.05, 4.69) is 20.6 Å². The largest absolute Gasteiger partial charge is 0.373 e. The first-order valence-corrected chi connectivity index (χ1v) is 5.93. The molecule has 2 aromatic rings. The second kappa shape index (κ2) is 5.51. The Morgan fingerprint density at radius 3 is 2.58 bits per heavy atom. The Labute approximate surface area is 111 Å². The zero-order valence-corrected chi connectivity index (χ0v) is 10.8. The first-order valence-electron chi connectivity index (χ1n) is 5.93. The second-order valence-electron chi connectivity index (χ2n) is 4.13. The van der Waals surface area contributed by atoms with Gasteiger partial charge in [0.25, 0.3) is 0 Å². The van der Waals surface area contributed by atoms with Crippen molar-refractivity contribution in [1.82, 2.24) is 9.97 Å². The number of nitrogens with two attached hydrogens (primary N) is 1. The van der Waals surface area contributed by atoms with E-state index < -0.39 is 0 Å². The van der Waals surface area contributed by atoms with Gasteiger partial charge in [0.15, 0.2) is 0 Å². The fourth-order valence-electron chi connectivity index (χ4n) is 1.79. The smallest absolute Gasteiger partial charge is 0.223 e. The topological polar surface area (TPSA) is 75.9 Å². The van der Waals surface area contributed by atoms with Crippen molar-refractivity contribution in [2.45, 2.75) is 13.0 Å². The van der Waals surface area contributed by atoms with Gasteiger partial charge in [0, 0.05) is 18.7 Å². The third-order valence-electron chi connectivity index (χ3n) is 2.74. The Morgan fingerprint density at radius 2 is 1.89 bits per heavy atom. The van der Waals surface area contributed by atoms with Crippen molar-refractivity contribution >= 4 is 17.6 Å². The molecule has 0 saturated heterocycles. The van der Waals surface area contributed by atoms with Crippen molar-refractivity contribution in [2.75, 3.05) is 23.4 Å². The molecule has 2 rings (SSSR count). The number of halogens is 1. The third kappa shape index (κ3) is 3.09. The average Bonchev–Trinajstić information content (AvgIpc) is 2.38. The number of hydrogen-bond acceptors (Lipinski definition) is 5. The number of nitrogen functional groups attached to an aromatic ring is 1. The first-order chi connectivity index (χ1) is 9.10. The third-order valence-corrected chi connectivity index (χ3v) is 2.74. The van der Waals surface area contributed by atoms with Gasteiger partial charge in [0.1, 0.15) is 17.5 Å². The van der Waals surface area contributed by atoms with E-state index in [0.29, 0.717) is 17.2 Å². The van der Waals surface area contributed by atoms with Crippen LogP contribution in [-0.4, -0.2) is 17.0 Å². The molecule has 0 aliphatic heterocycles. The van der Waals surface area contributed by atoms with Crippen molar-refractivity contribution in [3.05, 3.63) is 41.7 Å². The first kappa shape index (κ1) is 13.1.